The summed E-state index contributed by atoms with van der Waals surface area (Å²) in [5, 5.41) is 13.6. The number of anilines is 2. The Kier molecular flexibility index (Phi) is 8.16. The van der Waals surface area contributed by atoms with E-state index in [0.717, 1.165) is 16.6 Å². The summed E-state index contributed by atoms with van der Waals surface area (Å²) in [6.07, 6.45) is 0.894. The highest BCUT2D eigenvalue weighted by Gasteiger charge is 2.25. The van der Waals surface area contributed by atoms with Crippen molar-refractivity contribution in [2.45, 2.75) is 25.7 Å². The maximum absolute atomic E-state index is 12.6. The van der Waals surface area contributed by atoms with Crippen LogP contribution in [0.2, 0.25) is 0 Å². The minimum absolute atomic E-state index is 0.0162. The van der Waals surface area contributed by atoms with Crippen LogP contribution >= 0.6 is 0 Å². The molecule has 0 aliphatic carbocycles. The van der Waals surface area contributed by atoms with Crippen molar-refractivity contribution >= 4 is 43.0 Å². The van der Waals surface area contributed by atoms with Gasteiger partial charge < -0.3 is 5.32 Å². The summed E-state index contributed by atoms with van der Waals surface area (Å²) < 4.78 is 51.9. The zero-order valence-electron chi connectivity index (χ0n) is 18.7. The average Bonchev–Trinajstić information content (AvgIpc) is 2.72. The van der Waals surface area contributed by atoms with Crippen LogP contribution in [0.4, 0.5) is 17.1 Å². The minimum Gasteiger partial charge on any atom is -0.325 e. The first kappa shape index (κ1) is 26.2. The topological polar surface area (TPSA) is 147 Å². The van der Waals surface area contributed by atoms with E-state index in [0.29, 0.717) is 18.7 Å². The third kappa shape index (κ3) is 6.27. The smallest absolute Gasteiger partial charge is 0.271 e. The molecule has 0 unspecified atom stereocenters. The Morgan fingerprint density at radius 1 is 1.03 bits per heavy atom. The number of non-ortho nitro benzene ring substituents is 1. The second-order valence-corrected chi connectivity index (χ2v) is 11.0. The lowest BCUT2D eigenvalue weighted by Gasteiger charge is -2.23. The number of nitrogens with zero attached hydrogens (tertiary/aromatic N) is 3. The molecule has 0 radical (unpaired) electrons. The van der Waals surface area contributed by atoms with Gasteiger partial charge in [0, 0.05) is 30.9 Å². The summed E-state index contributed by atoms with van der Waals surface area (Å²) in [6.45, 7) is 5.04. The molecule has 0 saturated carbocycles. The van der Waals surface area contributed by atoms with E-state index in [4.69, 9.17) is 0 Å². The number of amides is 1. The predicted octanol–water partition coefficient (Wildman–Crippen LogP) is 2.34. The molecule has 2 rings (SSSR count). The van der Waals surface area contributed by atoms with Gasteiger partial charge in [-0.2, -0.15) is 4.31 Å². The van der Waals surface area contributed by atoms with Crippen molar-refractivity contribution in [3.63, 3.8) is 0 Å². The van der Waals surface area contributed by atoms with Crippen molar-refractivity contribution in [2.24, 2.45) is 0 Å². The molecule has 0 aliphatic rings. The number of aryl methyl sites for hydroxylation is 1. The van der Waals surface area contributed by atoms with Crippen molar-refractivity contribution in [3.8, 4) is 0 Å². The van der Waals surface area contributed by atoms with Crippen LogP contribution in [-0.2, 0) is 24.8 Å². The summed E-state index contributed by atoms with van der Waals surface area (Å²) in [6, 6.07) is 9.24. The average molecular weight is 499 g/mol. The Morgan fingerprint density at radius 2 is 1.61 bits per heavy atom. The molecule has 2 aromatic carbocycles. The second-order valence-electron chi connectivity index (χ2n) is 7.16. The monoisotopic (exact) mass is 498 g/mol. The van der Waals surface area contributed by atoms with Gasteiger partial charge in [-0.1, -0.05) is 19.9 Å². The van der Waals surface area contributed by atoms with E-state index >= 15 is 0 Å². The number of nitro benzene ring substituents is 1. The molecule has 0 saturated heterocycles. The van der Waals surface area contributed by atoms with Gasteiger partial charge in [0.2, 0.25) is 26.0 Å². The van der Waals surface area contributed by atoms with Crippen LogP contribution in [0.25, 0.3) is 0 Å². The van der Waals surface area contributed by atoms with E-state index < -0.39 is 37.4 Å². The molecule has 0 heterocycles. The molecule has 2 aromatic rings. The molecule has 0 spiro atoms. The fraction of sp³-hybridized carbons (Fsp3) is 0.350. The maximum Gasteiger partial charge on any atom is 0.271 e. The van der Waals surface area contributed by atoms with Crippen LogP contribution in [0.15, 0.2) is 47.4 Å². The molecule has 1 N–H and O–H groups in total. The normalized spacial score (nSPS) is 11.9. The van der Waals surface area contributed by atoms with Crippen LogP contribution in [0, 0.1) is 17.0 Å². The van der Waals surface area contributed by atoms with Crippen molar-refractivity contribution in [1.82, 2.24) is 4.31 Å². The van der Waals surface area contributed by atoms with E-state index in [1.807, 2.05) is 0 Å². The Morgan fingerprint density at radius 3 is 2.09 bits per heavy atom. The van der Waals surface area contributed by atoms with E-state index in [2.05, 4.69) is 5.32 Å². The van der Waals surface area contributed by atoms with Gasteiger partial charge >= 0.3 is 0 Å². The molecule has 0 aromatic heterocycles. The molecule has 13 heteroatoms. The van der Waals surface area contributed by atoms with Gasteiger partial charge in [-0.05, 0) is 36.8 Å². The highest BCUT2D eigenvalue weighted by Crippen LogP contribution is 2.27. The minimum atomic E-state index is -3.95. The van der Waals surface area contributed by atoms with Gasteiger partial charge in [0.25, 0.3) is 5.69 Å². The molecular weight excluding hydrogens is 472 g/mol. The van der Waals surface area contributed by atoms with Crippen LogP contribution in [0.3, 0.4) is 0 Å². The number of rotatable bonds is 10. The Balaban J connectivity index is 2.26. The van der Waals surface area contributed by atoms with Gasteiger partial charge in [0.1, 0.15) is 6.54 Å². The Hall–Kier alpha value is -3.03. The number of sulfonamides is 2. The van der Waals surface area contributed by atoms with Gasteiger partial charge in [0.05, 0.1) is 21.8 Å². The fourth-order valence-corrected chi connectivity index (χ4v) is 5.48. The van der Waals surface area contributed by atoms with Crippen molar-refractivity contribution in [3.05, 3.63) is 58.1 Å². The first-order valence-corrected chi connectivity index (χ1v) is 13.2. The molecule has 0 aliphatic heterocycles. The molecule has 1 amide bonds. The lowest BCUT2D eigenvalue weighted by atomic mass is 10.2. The SMILES string of the molecule is CCN(CC)S(=O)(=O)c1ccc(NC(=O)CN(c2cc([N+](=O)[O-])ccc2C)S(C)(=O)=O)cc1. The summed E-state index contributed by atoms with van der Waals surface area (Å²) in [4.78, 5) is 23.1. The van der Waals surface area contributed by atoms with Crippen molar-refractivity contribution < 1.29 is 26.6 Å². The van der Waals surface area contributed by atoms with E-state index in [1.165, 1.54) is 40.7 Å². The fourth-order valence-electron chi connectivity index (χ4n) is 3.11. The van der Waals surface area contributed by atoms with Gasteiger partial charge in [-0.3, -0.25) is 19.2 Å². The number of nitrogens with one attached hydrogen (secondary N) is 1. The third-order valence-electron chi connectivity index (χ3n) is 4.84. The quantitative estimate of drug-likeness (QED) is 0.390. The van der Waals surface area contributed by atoms with Crippen LogP contribution in [0.5, 0.6) is 0 Å². The van der Waals surface area contributed by atoms with Gasteiger partial charge in [-0.15, -0.1) is 0 Å². The van der Waals surface area contributed by atoms with E-state index in [9.17, 15) is 31.7 Å². The number of benzene rings is 2. The van der Waals surface area contributed by atoms with Crippen molar-refractivity contribution in [1.29, 1.82) is 0 Å². The highest BCUT2D eigenvalue weighted by atomic mass is 32.2. The molecule has 0 atom stereocenters. The summed E-state index contributed by atoms with van der Waals surface area (Å²) in [5.41, 5.74) is 0.407. The zero-order chi connectivity index (χ0) is 25.0. The highest BCUT2D eigenvalue weighted by molar-refractivity contribution is 7.92. The number of hydrogen-bond donors (Lipinski definition) is 1. The Labute approximate surface area is 193 Å². The van der Waals surface area contributed by atoms with Crippen LogP contribution in [0.1, 0.15) is 19.4 Å². The van der Waals surface area contributed by atoms with Gasteiger partial charge in [0.15, 0.2) is 0 Å². The van der Waals surface area contributed by atoms with Crippen molar-refractivity contribution in [2.75, 3.05) is 35.5 Å². The van der Waals surface area contributed by atoms with E-state index in [1.54, 1.807) is 20.8 Å². The first-order valence-electron chi connectivity index (χ1n) is 9.94. The van der Waals surface area contributed by atoms with E-state index in [-0.39, 0.29) is 22.0 Å². The molecule has 33 heavy (non-hydrogen) atoms. The molecule has 180 valence electrons. The number of hydrogen-bond acceptors (Lipinski definition) is 7. The van der Waals surface area contributed by atoms with Gasteiger partial charge in [-0.25, -0.2) is 16.8 Å². The number of carbonyl (C=O) groups is 1. The number of carbonyl (C=O) groups excluding carboxylic acids is 1. The lowest BCUT2D eigenvalue weighted by molar-refractivity contribution is -0.384. The summed E-state index contributed by atoms with van der Waals surface area (Å²) in [7, 11) is -7.61. The third-order valence-corrected chi connectivity index (χ3v) is 8.03. The first-order chi connectivity index (χ1) is 15.3. The second kappa shape index (κ2) is 10.3. The molecule has 0 fully saturated rings. The summed E-state index contributed by atoms with van der Waals surface area (Å²) >= 11 is 0. The largest absolute Gasteiger partial charge is 0.325 e. The van der Waals surface area contributed by atoms with Crippen LogP contribution < -0.4 is 9.62 Å². The number of nitro groups is 1. The molecule has 11 nitrogen and oxygen atoms in total. The maximum atomic E-state index is 12.6. The lowest BCUT2D eigenvalue weighted by Crippen LogP contribution is -2.38. The molecular formula is C20H26N4O7S2. The summed E-state index contributed by atoms with van der Waals surface area (Å²) in [5.74, 6) is -0.703. The zero-order valence-corrected chi connectivity index (χ0v) is 20.3. The molecule has 0 bridgehead atoms. The standard InChI is InChI=1S/C20H26N4O7S2/c1-5-22(6-2)33(30,31)18-11-8-16(9-12-18)21-20(25)14-23(32(4,28)29)19-13-17(24(26)27)10-7-15(19)3/h7-13H,5-6,14H2,1-4H3,(H,21,25). The van der Waals surface area contributed by atoms with Crippen LogP contribution in [-0.4, -0.2) is 57.9 Å². The Bertz CT molecular complexity index is 1240. The predicted molar refractivity (Wildman–Crippen MR) is 125 cm³/mol.